The summed E-state index contributed by atoms with van der Waals surface area (Å²) in [5.41, 5.74) is 7.05. The molecular weight excluding hydrogens is 238 g/mol. The summed E-state index contributed by atoms with van der Waals surface area (Å²) in [4.78, 5) is 0. The minimum Gasteiger partial charge on any atom is -0.423 e. The van der Waals surface area contributed by atoms with Crippen molar-refractivity contribution < 1.29 is 10.0 Å². The van der Waals surface area contributed by atoms with Gasteiger partial charge in [0.1, 0.15) is 0 Å². The van der Waals surface area contributed by atoms with Gasteiger partial charge in [0, 0.05) is 6.54 Å². The van der Waals surface area contributed by atoms with Crippen LogP contribution in [0.1, 0.15) is 18.4 Å². The number of unbranched alkanes of at least 4 members (excludes halogenated alkanes) is 1. The fourth-order valence-electron chi connectivity index (χ4n) is 1.43. The Kier molecular flexibility index (Phi) is 9.12. The van der Waals surface area contributed by atoms with Crippen LogP contribution in [-0.4, -0.2) is 30.3 Å². The lowest BCUT2D eigenvalue weighted by Crippen LogP contribution is -2.29. The van der Waals surface area contributed by atoms with Crippen LogP contribution in [0.25, 0.3) is 0 Å². The lowest BCUT2D eigenvalue weighted by atomic mass is 9.80. The van der Waals surface area contributed by atoms with Crippen molar-refractivity contribution in [2.24, 2.45) is 5.73 Å². The Hall–Kier alpha value is -0.585. The molecule has 1 aromatic carbocycles. The van der Waals surface area contributed by atoms with Gasteiger partial charge in [0.15, 0.2) is 0 Å². The molecule has 0 fully saturated rings. The van der Waals surface area contributed by atoms with E-state index in [1.54, 1.807) is 12.1 Å². The first-order valence-corrected chi connectivity index (χ1v) is 5.60. The van der Waals surface area contributed by atoms with Crippen molar-refractivity contribution in [1.29, 1.82) is 0 Å². The summed E-state index contributed by atoms with van der Waals surface area (Å²) in [6.07, 6.45) is 2.13. The molecule has 6 heteroatoms. The zero-order chi connectivity index (χ0) is 11.8. The number of rotatable bonds is 7. The highest BCUT2D eigenvalue weighted by atomic mass is 35.5. The third-order valence-electron chi connectivity index (χ3n) is 2.41. The van der Waals surface area contributed by atoms with Crippen LogP contribution >= 0.6 is 12.4 Å². The van der Waals surface area contributed by atoms with E-state index in [1.807, 2.05) is 12.1 Å². The van der Waals surface area contributed by atoms with E-state index in [0.29, 0.717) is 5.46 Å². The zero-order valence-corrected chi connectivity index (χ0v) is 10.6. The molecule has 0 amide bonds. The van der Waals surface area contributed by atoms with Crippen molar-refractivity contribution in [2.75, 3.05) is 13.1 Å². The van der Waals surface area contributed by atoms with Crippen LogP contribution in [-0.2, 0) is 6.54 Å². The molecule has 17 heavy (non-hydrogen) atoms. The highest BCUT2D eigenvalue weighted by molar-refractivity contribution is 6.58. The Bertz CT molecular complexity index is 296. The van der Waals surface area contributed by atoms with Gasteiger partial charge in [0.25, 0.3) is 0 Å². The van der Waals surface area contributed by atoms with E-state index in [-0.39, 0.29) is 12.4 Å². The standard InChI is InChI=1S/C11H19BN2O2.ClH/c13-7-1-2-8-14-9-10-3-5-11(6-4-10)12(15)16;/h3-6,14-16H,1-2,7-9,13H2;1H. The van der Waals surface area contributed by atoms with E-state index < -0.39 is 7.12 Å². The molecule has 0 aliphatic heterocycles. The first kappa shape index (κ1) is 16.4. The van der Waals surface area contributed by atoms with E-state index in [4.69, 9.17) is 15.8 Å². The summed E-state index contributed by atoms with van der Waals surface area (Å²) in [6.45, 7) is 2.50. The van der Waals surface area contributed by atoms with Gasteiger partial charge in [-0.05, 0) is 37.0 Å². The van der Waals surface area contributed by atoms with Gasteiger partial charge in [0.05, 0.1) is 0 Å². The second kappa shape index (κ2) is 9.45. The fraction of sp³-hybridized carbons (Fsp3) is 0.455. The molecule has 96 valence electrons. The topological polar surface area (TPSA) is 78.5 Å². The number of halogens is 1. The summed E-state index contributed by atoms with van der Waals surface area (Å²) in [5.74, 6) is 0. The summed E-state index contributed by atoms with van der Waals surface area (Å²) in [5, 5.41) is 21.1. The summed E-state index contributed by atoms with van der Waals surface area (Å²) in [6, 6.07) is 7.23. The van der Waals surface area contributed by atoms with Gasteiger partial charge < -0.3 is 21.1 Å². The molecule has 0 aliphatic carbocycles. The molecular formula is C11H20BClN2O2. The van der Waals surface area contributed by atoms with E-state index >= 15 is 0 Å². The summed E-state index contributed by atoms with van der Waals surface area (Å²) < 4.78 is 0. The lowest BCUT2D eigenvalue weighted by molar-refractivity contribution is 0.426. The minimum absolute atomic E-state index is 0. The maximum absolute atomic E-state index is 8.92. The average Bonchev–Trinajstić information content (AvgIpc) is 2.29. The molecule has 1 aromatic rings. The van der Waals surface area contributed by atoms with Crippen LogP contribution in [0.2, 0.25) is 0 Å². The van der Waals surface area contributed by atoms with Crippen LogP contribution in [0.5, 0.6) is 0 Å². The third kappa shape index (κ3) is 6.66. The highest BCUT2D eigenvalue weighted by Crippen LogP contribution is 1.97. The van der Waals surface area contributed by atoms with Gasteiger partial charge >= 0.3 is 7.12 Å². The van der Waals surface area contributed by atoms with Crippen molar-refractivity contribution in [3.8, 4) is 0 Å². The maximum Gasteiger partial charge on any atom is 0.488 e. The second-order valence-electron chi connectivity index (χ2n) is 3.79. The van der Waals surface area contributed by atoms with Crippen molar-refractivity contribution in [3.05, 3.63) is 29.8 Å². The van der Waals surface area contributed by atoms with Crippen LogP contribution in [0, 0.1) is 0 Å². The minimum atomic E-state index is -1.38. The molecule has 1 rings (SSSR count). The Morgan fingerprint density at radius 2 is 1.76 bits per heavy atom. The highest BCUT2D eigenvalue weighted by Gasteiger charge is 2.09. The number of hydrogen-bond donors (Lipinski definition) is 4. The van der Waals surface area contributed by atoms with E-state index in [0.717, 1.165) is 38.0 Å². The van der Waals surface area contributed by atoms with Gasteiger partial charge in [-0.2, -0.15) is 0 Å². The fourth-order valence-corrected chi connectivity index (χ4v) is 1.43. The Morgan fingerprint density at radius 1 is 1.12 bits per heavy atom. The lowest BCUT2D eigenvalue weighted by Gasteiger charge is -2.05. The Balaban J connectivity index is 0.00000256. The quantitative estimate of drug-likeness (QED) is 0.397. The molecule has 0 saturated carbocycles. The predicted molar refractivity (Wildman–Crippen MR) is 73.5 cm³/mol. The molecule has 0 heterocycles. The molecule has 0 atom stereocenters. The van der Waals surface area contributed by atoms with Crippen molar-refractivity contribution >= 4 is 25.0 Å². The van der Waals surface area contributed by atoms with E-state index in [1.165, 1.54) is 0 Å². The summed E-state index contributed by atoms with van der Waals surface area (Å²) >= 11 is 0. The number of hydrogen-bond acceptors (Lipinski definition) is 4. The maximum atomic E-state index is 8.92. The van der Waals surface area contributed by atoms with Gasteiger partial charge in [-0.1, -0.05) is 24.3 Å². The zero-order valence-electron chi connectivity index (χ0n) is 9.80. The van der Waals surface area contributed by atoms with Crippen molar-refractivity contribution in [3.63, 3.8) is 0 Å². The van der Waals surface area contributed by atoms with Crippen LogP contribution in [0.4, 0.5) is 0 Å². The Labute approximate surface area is 109 Å². The molecule has 0 saturated heterocycles. The smallest absolute Gasteiger partial charge is 0.423 e. The van der Waals surface area contributed by atoms with Gasteiger partial charge in [0.2, 0.25) is 0 Å². The molecule has 0 radical (unpaired) electrons. The third-order valence-corrected chi connectivity index (χ3v) is 2.41. The SMILES string of the molecule is Cl.NCCCCNCc1ccc(B(O)O)cc1. The normalized spacial score (nSPS) is 9.82. The van der Waals surface area contributed by atoms with E-state index in [2.05, 4.69) is 5.32 Å². The second-order valence-corrected chi connectivity index (χ2v) is 3.79. The average molecular weight is 259 g/mol. The number of nitrogens with one attached hydrogen (secondary N) is 1. The van der Waals surface area contributed by atoms with Gasteiger partial charge in [-0.15, -0.1) is 12.4 Å². The van der Waals surface area contributed by atoms with Crippen LogP contribution in [0.3, 0.4) is 0 Å². The van der Waals surface area contributed by atoms with Crippen molar-refractivity contribution in [2.45, 2.75) is 19.4 Å². The van der Waals surface area contributed by atoms with Crippen LogP contribution < -0.4 is 16.5 Å². The Morgan fingerprint density at radius 3 is 2.29 bits per heavy atom. The molecule has 5 N–H and O–H groups in total. The number of nitrogens with two attached hydrogens (primary N) is 1. The first-order valence-electron chi connectivity index (χ1n) is 5.60. The van der Waals surface area contributed by atoms with Crippen molar-refractivity contribution in [1.82, 2.24) is 5.32 Å². The first-order chi connectivity index (χ1) is 7.74. The molecule has 0 bridgehead atoms. The van der Waals surface area contributed by atoms with Gasteiger partial charge in [-0.3, -0.25) is 0 Å². The molecule has 4 nitrogen and oxygen atoms in total. The monoisotopic (exact) mass is 258 g/mol. The largest absolute Gasteiger partial charge is 0.488 e. The van der Waals surface area contributed by atoms with E-state index in [9.17, 15) is 0 Å². The molecule has 0 aromatic heterocycles. The summed E-state index contributed by atoms with van der Waals surface area (Å²) in [7, 11) is -1.38. The predicted octanol–water partition coefficient (Wildman–Crippen LogP) is -0.383. The molecule has 0 spiro atoms. The molecule has 0 unspecified atom stereocenters. The van der Waals surface area contributed by atoms with Gasteiger partial charge in [-0.25, -0.2) is 0 Å². The molecule has 0 aliphatic rings. The number of benzene rings is 1. The van der Waals surface area contributed by atoms with Crippen LogP contribution in [0.15, 0.2) is 24.3 Å².